The van der Waals surface area contributed by atoms with Gasteiger partial charge >= 0.3 is 5.97 Å². The summed E-state index contributed by atoms with van der Waals surface area (Å²) in [5.74, 6) is -1.62. The molecule has 16 atom stereocenters. The molecule has 1 N–H and O–H groups in total. The predicted octanol–water partition coefficient (Wildman–Crippen LogP) is 15.0. The molecule has 4 aliphatic heterocycles. The standard InChI is InChI=1S/C83H82Cl3NO17/c84-83(85,86)82(87)104-81-76(100-77(88)63-42-24-8-25-43-63)73(93-50-60-36-18-5-19-37-60)69(66(98-81)54-90-47-57-30-12-2-13-31-57)103-79-74(94-51-61-38-20-6-21-39-61)71(91-48-58-32-14-3-15-33-58)68(65(97-79)53-89-46-56-28-10-1-11-29-56)102-80-75(95-52-62-40-22-7-23-41-62)72(92-49-59-34-16-4-17-35-59)70-67(99-80)55-96-78(101-70)64-44-26-9-27-45-64/h1-45,65-76,78-81,87H,46-55H2/t65-,66-,67-,68-,69-,70-,71+,72+,73+,74+,75+,76-,78?,79+,80+,81+/m1/s1. The van der Waals surface area contributed by atoms with Gasteiger partial charge in [0.25, 0.3) is 3.79 Å². The third-order valence-corrected chi connectivity index (χ3v) is 18.6. The molecule has 0 radical (unpaired) electrons. The van der Waals surface area contributed by atoms with E-state index in [9.17, 15) is 4.79 Å². The van der Waals surface area contributed by atoms with Crippen LogP contribution in [-0.4, -0.2) is 128 Å². The summed E-state index contributed by atoms with van der Waals surface area (Å²) in [5.41, 5.74) is 6.93. The molecule has 4 aliphatic rings. The zero-order valence-corrected chi connectivity index (χ0v) is 59.1. The minimum atomic E-state index is -2.40. The van der Waals surface area contributed by atoms with Gasteiger partial charge < -0.3 is 75.8 Å². The van der Waals surface area contributed by atoms with Crippen LogP contribution in [0.3, 0.4) is 0 Å². The van der Waals surface area contributed by atoms with E-state index in [1.165, 1.54) is 0 Å². The molecule has 18 nitrogen and oxygen atoms in total. The van der Waals surface area contributed by atoms with E-state index in [4.69, 9.17) is 116 Å². The number of rotatable bonds is 31. The summed E-state index contributed by atoms with van der Waals surface area (Å²) in [5, 5.41) is 8.97. The number of hydrogen-bond donors (Lipinski definition) is 1. The molecule has 0 spiro atoms. The summed E-state index contributed by atoms with van der Waals surface area (Å²) >= 11 is 19.2. The van der Waals surface area contributed by atoms with E-state index in [0.717, 1.165) is 44.5 Å². The van der Waals surface area contributed by atoms with Crippen molar-refractivity contribution in [3.05, 3.63) is 323 Å². The van der Waals surface area contributed by atoms with Crippen LogP contribution in [-0.2, 0) is 122 Å². The summed E-state index contributed by atoms with van der Waals surface area (Å²) in [4.78, 5) is 14.7. The number of carbonyl (C=O) groups excluding carboxylic acids is 1. The third-order valence-electron chi connectivity index (χ3n) is 18.1. The smallest absolute Gasteiger partial charge is 0.338 e. The summed E-state index contributed by atoms with van der Waals surface area (Å²) in [6.07, 6.45) is -18.8. The van der Waals surface area contributed by atoms with Crippen molar-refractivity contribution in [2.45, 2.75) is 148 Å². The zero-order chi connectivity index (χ0) is 71.3. The molecule has 9 aromatic rings. The number of nitrogens with one attached hydrogen (secondary N) is 1. The molecule has 9 aromatic carbocycles. The topological polar surface area (TPSA) is 189 Å². The molecule has 21 heteroatoms. The Morgan fingerprint density at radius 2 is 0.702 bits per heavy atom. The lowest BCUT2D eigenvalue weighted by atomic mass is 9.94. The van der Waals surface area contributed by atoms with Crippen LogP contribution in [0, 0.1) is 5.41 Å². The van der Waals surface area contributed by atoms with Crippen molar-refractivity contribution in [2.24, 2.45) is 0 Å². The second-order valence-corrected chi connectivity index (χ2v) is 27.8. The Balaban J connectivity index is 0.939. The highest BCUT2D eigenvalue weighted by molar-refractivity contribution is 6.76. The van der Waals surface area contributed by atoms with E-state index < -0.39 is 114 Å². The molecule has 4 saturated heterocycles. The maximum Gasteiger partial charge on any atom is 0.338 e. The quantitative estimate of drug-likeness (QED) is 0.0187. The Morgan fingerprint density at radius 3 is 1.12 bits per heavy atom. The van der Waals surface area contributed by atoms with Crippen molar-refractivity contribution in [1.29, 1.82) is 5.41 Å². The number of halogens is 3. The predicted molar refractivity (Wildman–Crippen MR) is 388 cm³/mol. The highest BCUT2D eigenvalue weighted by atomic mass is 35.6. The molecule has 4 fully saturated rings. The van der Waals surface area contributed by atoms with Crippen LogP contribution >= 0.6 is 34.8 Å². The van der Waals surface area contributed by atoms with E-state index in [0.29, 0.717) is 0 Å². The van der Waals surface area contributed by atoms with E-state index in [1.807, 2.05) is 243 Å². The van der Waals surface area contributed by atoms with Gasteiger partial charge in [0, 0.05) is 5.56 Å². The summed E-state index contributed by atoms with van der Waals surface area (Å²) in [6.45, 7) is 0.301. The first-order valence-corrected chi connectivity index (χ1v) is 35.8. The summed E-state index contributed by atoms with van der Waals surface area (Å²) in [7, 11) is 0. The average molecular weight is 1470 g/mol. The lowest BCUT2D eigenvalue weighted by Gasteiger charge is -2.52. The second kappa shape index (κ2) is 37.5. The van der Waals surface area contributed by atoms with Gasteiger partial charge in [-0.3, -0.25) is 5.41 Å². The molecule has 13 rings (SSSR count). The van der Waals surface area contributed by atoms with Crippen LogP contribution in [0.15, 0.2) is 273 Å². The fourth-order valence-electron chi connectivity index (χ4n) is 12.9. The van der Waals surface area contributed by atoms with E-state index in [-0.39, 0.29) is 71.6 Å². The molecule has 542 valence electrons. The van der Waals surface area contributed by atoms with Gasteiger partial charge in [0.2, 0.25) is 12.2 Å². The zero-order valence-electron chi connectivity index (χ0n) is 56.9. The normalized spacial score (nSPS) is 26.2. The van der Waals surface area contributed by atoms with Crippen molar-refractivity contribution in [1.82, 2.24) is 0 Å². The molecule has 104 heavy (non-hydrogen) atoms. The SMILES string of the molecule is N=C(O[C@@H]1O[C@H](COCc2ccccc2)[C@@H](O[C@@H]2O[C@H](COCc3ccccc3)[C@@H](O[C@@H]3O[C@@H]4COC(c5ccccc5)O[C@H]4[C@H](OCc4ccccc4)[C@@H]3OCc3ccccc3)[C@H](OCc3ccccc3)[C@@H]2OCc2ccccc2)[C@H](OCc2ccccc2)[C@H]1OC(=O)c1ccccc1)C(Cl)(Cl)Cl. The van der Waals surface area contributed by atoms with Crippen molar-refractivity contribution in [3.63, 3.8) is 0 Å². The van der Waals surface area contributed by atoms with Crippen LogP contribution in [0.1, 0.15) is 61.2 Å². The number of fused-ring (bicyclic) bond motifs is 1. The Morgan fingerprint density at radius 1 is 0.365 bits per heavy atom. The third kappa shape index (κ3) is 20.4. The highest BCUT2D eigenvalue weighted by Gasteiger charge is 2.59. The molecule has 4 heterocycles. The van der Waals surface area contributed by atoms with Gasteiger partial charge in [0.05, 0.1) is 71.6 Å². The Kier molecular flexibility index (Phi) is 26.8. The number of benzene rings is 9. The minimum absolute atomic E-state index is 0.00601. The highest BCUT2D eigenvalue weighted by Crippen LogP contribution is 2.42. The second-order valence-electron chi connectivity index (χ2n) is 25.5. The van der Waals surface area contributed by atoms with Gasteiger partial charge in [-0.05, 0) is 51.1 Å². The lowest BCUT2D eigenvalue weighted by molar-refractivity contribution is -0.404. The fourth-order valence-corrected chi connectivity index (χ4v) is 13.0. The number of carbonyl (C=O) groups is 1. The molecular formula is C83H82Cl3NO17. The average Bonchev–Trinajstić information content (AvgIpc) is 0.751. The van der Waals surface area contributed by atoms with E-state index >= 15 is 0 Å². The van der Waals surface area contributed by atoms with E-state index in [2.05, 4.69) is 0 Å². The lowest BCUT2D eigenvalue weighted by Crippen LogP contribution is -2.68. The molecule has 0 aromatic heterocycles. The molecule has 0 bridgehead atoms. The van der Waals surface area contributed by atoms with Gasteiger partial charge in [-0.15, -0.1) is 0 Å². The maximum absolute atomic E-state index is 14.7. The first kappa shape index (κ1) is 74.5. The fraction of sp³-hybridized carbons (Fsp3) is 0.325. The van der Waals surface area contributed by atoms with Crippen LogP contribution < -0.4 is 0 Å². The van der Waals surface area contributed by atoms with Gasteiger partial charge in [0.1, 0.15) is 67.1 Å². The monoisotopic (exact) mass is 1470 g/mol. The van der Waals surface area contributed by atoms with Gasteiger partial charge in [0.15, 0.2) is 25.0 Å². The first-order chi connectivity index (χ1) is 51.0. The molecule has 1 unspecified atom stereocenters. The number of ether oxygens (including phenoxy) is 16. The Bertz CT molecular complexity index is 4000. The summed E-state index contributed by atoms with van der Waals surface area (Å²) < 4.78 is 111. The van der Waals surface area contributed by atoms with Crippen LogP contribution in [0.25, 0.3) is 0 Å². The minimum Gasteiger partial charge on any atom is -0.449 e. The van der Waals surface area contributed by atoms with Crippen LogP contribution in [0.4, 0.5) is 0 Å². The van der Waals surface area contributed by atoms with Crippen molar-refractivity contribution in [3.8, 4) is 0 Å². The van der Waals surface area contributed by atoms with Gasteiger partial charge in [-0.2, -0.15) is 0 Å². The first-order valence-electron chi connectivity index (χ1n) is 34.7. The summed E-state index contributed by atoms with van der Waals surface area (Å²) in [6, 6.07) is 86.0. The van der Waals surface area contributed by atoms with Crippen molar-refractivity contribution >= 4 is 46.7 Å². The Hall–Kier alpha value is -7.77. The van der Waals surface area contributed by atoms with Crippen molar-refractivity contribution < 1.29 is 80.6 Å². The molecular weight excluding hydrogens is 1390 g/mol. The maximum atomic E-state index is 14.7. The number of alkyl halides is 3. The van der Waals surface area contributed by atoms with Gasteiger partial charge in [-0.1, -0.05) is 296 Å². The van der Waals surface area contributed by atoms with Crippen LogP contribution in [0.5, 0.6) is 0 Å². The van der Waals surface area contributed by atoms with Crippen molar-refractivity contribution in [2.75, 3.05) is 19.8 Å². The van der Waals surface area contributed by atoms with Crippen LogP contribution in [0.2, 0.25) is 0 Å². The van der Waals surface area contributed by atoms with E-state index in [1.54, 1.807) is 30.3 Å². The largest absolute Gasteiger partial charge is 0.449 e. The molecule has 0 aliphatic carbocycles. The molecule has 0 amide bonds. The number of esters is 1. The molecule has 0 saturated carbocycles. The van der Waals surface area contributed by atoms with Gasteiger partial charge in [-0.25, -0.2) is 4.79 Å². The Labute approximate surface area is 620 Å². The number of hydrogen-bond acceptors (Lipinski definition) is 18.